The smallest absolute Gasteiger partial charge is 0.146 e. The van der Waals surface area contributed by atoms with Crippen molar-refractivity contribution < 1.29 is 4.39 Å². The highest BCUT2D eigenvalue weighted by atomic mass is 35.5. The van der Waals surface area contributed by atoms with Gasteiger partial charge in [-0.25, -0.2) is 4.39 Å². The standard InChI is InChI=1S/C16H22ClFN2/c17-11-13-5-4-6-15(18)16(13)20-10-7-14(12-20)19-8-2-1-3-9-19/h4-6,14H,1-3,7-12H2. The summed E-state index contributed by atoms with van der Waals surface area (Å²) in [5.74, 6) is 0.236. The number of piperidine rings is 1. The summed E-state index contributed by atoms with van der Waals surface area (Å²) in [5.41, 5.74) is 1.63. The van der Waals surface area contributed by atoms with Gasteiger partial charge in [0.2, 0.25) is 0 Å². The molecule has 3 rings (SSSR count). The number of benzene rings is 1. The van der Waals surface area contributed by atoms with Gasteiger partial charge >= 0.3 is 0 Å². The molecule has 2 aliphatic heterocycles. The number of alkyl halides is 1. The topological polar surface area (TPSA) is 6.48 Å². The van der Waals surface area contributed by atoms with Gasteiger partial charge in [-0.2, -0.15) is 0 Å². The van der Waals surface area contributed by atoms with Gasteiger partial charge in [0.25, 0.3) is 0 Å². The fourth-order valence-corrected chi connectivity index (χ4v) is 3.76. The van der Waals surface area contributed by atoms with Crippen LogP contribution in [0, 0.1) is 5.82 Å². The summed E-state index contributed by atoms with van der Waals surface area (Å²) >= 11 is 5.96. The second-order valence-electron chi connectivity index (χ2n) is 5.87. The van der Waals surface area contributed by atoms with E-state index in [0.717, 1.165) is 30.8 Å². The lowest BCUT2D eigenvalue weighted by molar-refractivity contribution is 0.175. The zero-order chi connectivity index (χ0) is 13.9. The van der Waals surface area contributed by atoms with Crippen molar-refractivity contribution in [2.45, 2.75) is 37.6 Å². The molecule has 2 fully saturated rings. The van der Waals surface area contributed by atoms with Crippen LogP contribution in [0.4, 0.5) is 10.1 Å². The fraction of sp³-hybridized carbons (Fsp3) is 0.625. The van der Waals surface area contributed by atoms with Crippen molar-refractivity contribution in [2.75, 3.05) is 31.1 Å². The Morgan fingerprint density at radius 1 is 1.15 bits per heavy atom. The first-order valence-electron chi connectivity index (χ1n) is 7.62. The third-order valence-electron chi connectivity index (χ3n) is 4.60. The number of halogens is 2. The highest BCUT2D eigenvalue weighted by Crippen LogP contribution is 2.30. The zero-order valence-corrected chi connectivity index (χ0v) is 12.6. The minimum atomic E-state index is -0.137. The highest BCUT2D eigenvalue weighted by molar-refractivity contribution is 6.17. The Labute approximate surface area is 125 Å². The molecule has 0 amide bonds. The molecule has 110 valence electrons. The van der Waals surface area contributed by atoms with Crippen LogP contribution in [0.5, 0.6) is 0 Å². The molecule has 0 saturated carbocycles. The Hall–Kier alpha value is -0.800. The minimum absolute atomic E-state index is 0.137. The summed E-state index contributed by atoms with van der Waals surface area (Å²) in [5, 5.41) is 0. The van der Waals surface area contributed by atoms with Crippen LogP contribution in [0.2, 0.25) is 0 Å². The maximum Gasteiger partial charge on any atom is 0.146 e. The van der Waals surface area contributed by atoms with Crippen LogP contribution < -0.4 is 4.90 Å². The van der Waals surface area contributed by atoms with E-state index in [-0.39, 0.29) is 5.82 Å². The van der Waals surface area contributed by atoms with Gasteiger partial charge in [-0.3, -0.25) is 4.90 Å². The molecular weight excluding hydrogens is 275 g/mol. The van der Waals surface area contributed by atoms with E-state index in [1.807, 2.05) is 6.07 Å². The first kappa shape index (κ1) is 14.2. The maximum atomic E-state index is 14.1. The molecule has 2 saturated heterocycles. The van der Waals surface area contributed by atoms with Crippen molar-refractivity contribution >= 4 is 17.3 Å². The first-order valence-corrected chi connectivity index (χ1v) is 8.15. The molecule has 20 heavy (non-hydrogen) atoms. The maximum absolute atomic E-state index is 14.1. The van der Waals surface area contributed by atoms with Gasteiger partial charge in [0.05, 0.1) is 5.69 Å². The first-order chi connectivity index (χ1) is 9.79. The molecule has 2 aliphatic rings. The van der Waals surface area contributed by atoms with Crippen LogP contribution in [0.3, 0.4) is 0 Å². The Balaban J connectivity index is 1.73. The van der Waals surface area contributed by atoms with Crippen LogP contribution in [0.15, 0.2) is 18.2 Å². The molecule has 4 heteroatoms. The summed E-state index contributed by atoms with van der Waals surface area (Å²) in [7, 11) is 0. The number of hydrogen-bond acceptors (Lipinski definition) is 2. The summed E-state index contributed by atoms with van der Waals surface area (Å²) in [6, 6.07) is 5.80. The molecule has 1 aromatic rings. The average Bonchev–Trinajstić information content (AvgIpc) is 2.97. The molecule has 0 aromatic heterocycles. The SMILES string of the molecule is Fc1cccc(CCl)c1N1CCC(N2CCCCC2)C1. The van der Waals surface area contributed by atoms with E-state index < -0.39 is 0 Å². The molecule has 0 aliphatic carbocycles. The average molecular weight is 297 g/mol. The summed E-state index contributed by atoms with van der Waals surface area (Å²) in [4.78, 5) is 4.77. The Morgan fingerprint density at radius 2 is 1.95 bits per heavy atom. The molecule has 0 radical (unpaired) electrons. The van der Waals surface area contributed by atoms with Crippen molar-refractivity contribution in [1.29, 1.82) is 0 Å². The van der Waals surface area contributed by atoms with E-state index >= 15 is 0 Å². The van der Waals surface area contributed by atoms with E-state index in [9.17, 15) is 4.39 Å². The normalized spacial score (nSPS) is 24.3. The van der Waals surface area contributed by atoms with E-state index in [2.05, 4.69) is 9.80 Å². The van der Waals surface area contributed by atoms with Crippen molar-refractivity contribution in [3.63, 3.8) is 0 Å². The molecule has 0 spiro atoms. The highest BCUT2D eigenvalue weighted by Gasteiger charge is 2.30. The molecule has 2 nitrogen and oxygen atoms in total. The number of hydrogen-bond donors (Lipinski definition) is 0. The van der Waals surface area contributed by atoms with Gasteiger partial charge in [0, 0.05) is 25.0 Å². The van der Waals surface area contributed by atoms with E-state index in [4.69, 9.17) is 11.6 Å². The van der Waals surface area contributed by atoms with Crippen LogP contribution in [0.25, 0.3) is 0 Å². The van der Waals surface area contributed by atoms with Crippen molar-refractivity contribution in [2.24, 2.45) is 0 Å². The van der Waals surface area contributed by atoms with Crippen molar-refractivity contribution in [1.82, 2.24) is 4.90 Å². The van der Waals surface area contributed by atoms with Gasteiger partial charge in [0.1, 0.15) is 5.82 Å². The lowest BCUT2D eigenvalue weighted by Crippen LogP contribution is -2.41. The molecule has 1 aromatic carbocycles. The second kappa shape index (κ2) is 6.31. The molecular formula is C16H22ClFN2. The zero-order valence-electron chi connectivity index (χ0n) is 11.8. The van der Waals surface area contributed by atoms with Gasteiger partial charge in [0.15, 0.2) is 0 Å². The third-order valence-corrected chi connectivity index (χ3v) is 4.89. The predicted octanol–water partition coefficient (Wildman–Crippen LogP) is 3.63. The number of anilines is 1. The largest absolute Gasteiger partial charge is 0.367 e. The Morgan fingerprint density at radius 3 is 2.70 bits per heavy atom. The van der Waals surface area contributed by atoms with Crippen LogP contribution in [0.1, 0.15) is 31.2 Å². The van der Waals surface area contributed by atoms with Gasteiger partial charge in [-0.1, -0.05) is 18.6 Å². The number of para-hydroxylation sites is 1. The third kappa shape index (κ3) is 2.79. The molecule has 0 bridgehead atoms. The number of likely N-dealkylation sites (tertiary alicyclic amines) is 1. The molecule has 0 N–H and O–H groups in total. The van der Waals surface area contributed by atoms with Crippen LogP contribution in [-0.2, 0) is 5.88 Å². The second-order valence-corrected chi connectivity index (χ2v) is 6.13. The number of rotatable bonds is 3. The van der Waals surface area contributed by atoms with Crippen molar-refractivity contribution in [3.8, 4) is 0 Å². The van der Waals surface area contributed by atoms with Crippen LogP contribution >= 0.6 is 11.6 Å². The Bertz CT molecular complexity index is 460. The quantitative estimate of drug-likeness (QED) is 0.786. The summed E-state index contributed by atoms with van der Waals surface area (Å²) in [6.45, 7) is 4.28. The van der Waals surface area contributed by atoms with E-state index in [1.54, 1.807) is 12.1 Å². The summed E-state index contributed by atoms with van der Waals surface area (Å²) < 4.78 is 14.1. The predicted molar refractivity (Wildman–Crippen MR) is 82.0 cm³/mol. The van der Waals surface area contributed by atoms with E-state index in [0.29, 0.717) is 11.9 Å². The van der Waals surface area contributed by atoms with Gasteiger partial charge in [-0.05, 0) is 44.0 Å². The van der Waals surface area contributed by atoms with Gasteiger partial charge in [-0.15, -0.1) is 11.6 Å². The fourth-order valence-electron chi connectivity index (χ4n) is 3.55. The molecule has 1 unspecified atom stereocenters. The minimum Gasteiger partial charge on any atom is -0.367 e. The lowest BCUT2D eigenvalue weighted by Gasteiger charge is -2.32. The van der Waals surface area contributed by atoms with Gasteiger partial charge < -0.3 is 4.90 Å². The van der Waals surface area contributed by atoms with E-state index in [1.165, 1.54) is 32.4 Å². The number of nitrogens with zero attached hydrogens (tertiary/aromatic N) is 2. The molecule has 1 atom stereocenters. The van der Waals surface area contributed by atoms with Crippen molar-refractivity contribution in [3.05, 3.63) is 29.6 Å². The Kier molecular flexibility index (Phi) is 4.47. The summed E-state index contributed by atoms with van der Waals surface area (Å²) in [6.07, 6.45) is 5.11. The van der Waals surface area contributed by atoms with Crippen LogP contribution in [-0.4, -0.2) is 37.1 Å². The monoisotopic (exact) mass is 296 g/mol. The molecule has 2 heterocycles. The lowest BCUT2D eigenvalue weighted by atomic mass is 10.1.